The average Bonchev–Trinajstić information content (AvgIpc) is 3.76. The first-order valence-corrected chi connectivity index (χ1v) is 24.6. The third-order valence-electron chi connectivity index (χ3n) is 16.8. The summed E-state index contributed by atoms with van der Waals surface area (Å²) < 4.78 is 7.13. The molecule has 4 aliphatic rings. The molecule has 0 radical (unpaired) electrons. The van der Waals surface area contributed by atoms with Crippen LogP contribution in [0.1, 0.15) is 114 Å². The Labute approximate surface area is 396 Å². The van der Waals surface area contributed by atoms with Crippen molar-refractivity contribution in [1.29, 1.82) is 0 Å². The second-order valence-electron chi connectivity index (χ2n) is 23.4. The van der Waals surface area contributed by atoms with Gasteiger partial charge in [-0.05, 0) is 151 Å². The van der Waals surface area contributed by atoms with Gasteiger partial charge < -0.3 is 14.1 Å². The van der Waals surface area contributed by atoms with Crippen LogP contribution in [0.15, 0.2) is 138 Å². The fourth-order valence-corrected chi connectivity index (χ4v) is 12.9. The Balaban J connectivity index is 1.16. The lowest BCUT2D eigenvalue weighted by atomic mass is 9.43. The minimum Gasteiger partial charge on any atom is -0.456 e. The number of aryl methyl sites for hydroxylation is 2. The Morgan fingerprint density at radius 2 is 1.22 bits per heavy atom. The highest BCUT2D eigenvalue weighted by molar-refractivity contribution is 6.94. The van der Waals surface area contributed by atoms with Crippen LogP contribution in [0.4, 0.5) is 28.4 Å². The maximum atomic E-state index is 7.13. The molecule has 0 fully saturated rings. The van der Waals surface area contributed by atoms with Crippen LogP contribution < -0.4 is 20.6 Å². The van der Waals surface area contributed by atoms with Crippen molar-refractivity contribution in [2.75, 3.05) is 9.71 Å². The number of rotatable bonds is 2. The average molecular weight is 871 g/mol. The predicted molar refractivity (Wildman–Crippen MR) is 286 cm³/mol. The molecule has 4 heteroatoms. The molecule has 0 bridgehead atoms. The van der Waals surface area contributed by atoms with Crippen LogP contribution in [-0.4, -0.2) is 6.85 Å². The fourth-order valence-electron chi connectivity index (χ4n) is 12.9. The molecule has 0 saturated carbocycles. The molecule has 2 aliphatic heterocycles. The largest absolute Gasteiger partial charge is 0.456 e. The number of hydrogen-bond donors (Lipinski definition) is 0. The van der Waals surface area contributed by atoms with Crippen molar-refractivity contribution < 1.29 is 4.42 Å². The standard InChI is InChI=1S/C63H59BN2O/c1-36-28-47-44-23-20-38-16-12-13-17-41(38)59(44)66(40-22-24-43-42-18-14-15-19-48(42)63(10,11)49(43)31-40)64-52-33-46-45-32-50-51(62(8,9)27-26-61(50,6)7)34-56(45)67-57(46)35-54(52)65(55(29-36)58(47)64)53-25-21-39(30-37(53)2)60(3,4)5/h12-25,28-35H,26-27H2,1-11H3. The molecule has 0 spiro atoms. The zero-order valence-electron chi connectivity index (χ0n) is 41.0. The molecule has 1 aromatic heterocycles. The maximum Gasteiger partial charge on any atom is 0.333 e. The molecule has 0 amide bonds. The first-order valence-electron chi connectivity index (χ1n) is 24.6. The lowest BCUT2D eigenvalue weighted by molar-refractivity contribution is 0.332. The molecule has 0 N–H and O–H groups in total. The van der Waals surface area contributed by atoms with Gasteiger partial charge in [-0.3, -0.25) is 0 Å². The lowest BCUT2D eigenvalue weighted by Crippen LogP contribution is -2.61. The highest BCUT2D eigenvalue weighted by atomic mass is 16.3. The van der Waals surface area contributed by atoms with E-state index in [0.29, 0.717) is 0 Å². The van der Waals surface area contributed by atoms with E-state index in [1.165, 1.54) is 122 Å². The summed E-state index contributed by atoms with van der Waals surface area (Å²) in [7, 11) is 0. The van der Waals surface area contributed by atoms with Crippen molar-refractivity contribution in [2.45, 2.75) is 111 Å². The van der Waals surface area contributed by atoms with E-state index in [-0.39, 0.29) is 28.5 Å². The Morgan fingerprint density at radius 1 is 0.537 bits per heavy atom. The van der Waals surface area contributed by atoms with Crippen molar-refractivity contribution in [3.8, 4) is 22.3 Å². The van der Waals surface area contributed by atoms with Gasteiger partial charge in [0.05, 0.1) is 0 Å². The molecule has 13 rings (SSSR count). The molecule has 3 heterocycles. The minimum absolute atomic E-state index is 0.0260. The van der Waals surface area contributed by atoms with E-state index in [1.807, 2.05) is 0 Å². The minimum atomic E-state index is -0.152. The number of fused-ring (bicyclic) bond motifs is 13. The third-order valence-corrected chi connectivity index (χ3v) is 16.8. The smallest absolute Gasteiger partial charge is 0.333 e. The third kappa shape index (κ3) is 5.59. The Bertz CT molecular complexity index is 3650. The van der Waals surface area contributed by atoms with Crippen LogP contribution in [0, 0.1) is 13.8 Å². The van der Waals surface area contributed by atoms with Crippen LogP contribution in [0.25, 0.3) is 55.0 Å². The zero-order valence-corrected chi connectivity index (χ0v) is 41.0. The van der Waals surface area contributed by atoms with Crippen LogP contribution in [0.3, 0.4) is 0 Å². The van der Waals surface area contributed by atoms with Gasteiger partial charge in [0.25, 0.3) is 0 Å². The zero-order chi connectivity index (χ0) is 46.3. The number of anilines is 5. The molecule has 8 aromatic carbocycles. The molecule has 0 atom stereocenters. The second-order valence-corrected chi connectivity index (χ2v) is 23.4. The summed E-state index contributed by atoms with van der Waals surface area (Å²) >= 11 is 0. The second kappa shape index (κ2) is 13.3. The van der Waals surface area contributed by atoms with E-state index in [1.54, 1.807) is 0 Å². The Morgan fingerprint density at radius 3 is 2.00 bits per heavy atom. The van der Waals surface area contributed by atoms with Gasteiger partial charge in [0.15, 0.2) is 0 Å². The molecular weight excluding hydrogens is 812 g/mol. The van der Waals surface area contributed by atoms with Gasteiger partial charge >= 0.3 is 6.85 Å². The summed E-state index contributed by atoms with van der Waals surface area (Å²) in [4.78, 5) is 5.31. The van der Waals surface area contributed by atoms with Gasteiger partial charge in [0.1, 0.15) is 11.2 Å². The van der Waals surface area contributed by atoms with Gasteiger partial charge in [-0.15, -0.1) is 0 Å². The van der Waals surface area contributed by atoms with Crippen LogP contribution in [0.5, 0.6) is 0 Å². The maximum absolute atomic E-state index is 7.13. The Kier molecular flexibility index (Phi) is 8.11. The van der Waals surface area contributed by atoms with Crippen molar-refractivity contribution in [1.82, 2.24) is 0 Å². The molecule has 9 aromatic rings. The monoisotopic (exact) mass is 870 g/mol. The van der Waals surface area contributed by atoms with E-state index in [4.69, 9.17) is 4.42 Å². The fraction of sp³-hybridized carbons (Fsp3) is 0.270. The summed E-state index contributed by atoms with van der Waals surface area (Å²) in [5.74, 6) is 0. The normalized spacial score (nSPS) is 17.0. The van der Waals surface area contributed by atoms with Gasteiger partial charge in [-0.2, -0.15) is 0 Å². The summed E-state index contributed by atoms with van der Waals surface area (Å²) in [6.45, 7) is 25.9. The summed E-state index contributed by atoms with van der Waals surface area (Å²) in [6.07, 6.45) is 2.33. The van der Waals surface area contributed by atoms with E-state index >= 15 is 0 Å². The van der Waals surface area contributed by atoms with Crippen molar-refractivity contribution in [3.05, 3.63) is 172 Å². The van der Waals surface area contributed by atoms with Crippen molar-refractivity contribution in [2.24, 2.45) is 0 Å². The van der Waals surface area contributed by atoms with Crippen LogP contribution in [-0.2, 0) is 21.7 Å². The topological polar surface area (TPSA) is 19.6 Å². The summed E-state index contributed by atoms with van der Waals surface area (Å²) in [5, 5.41) is 4.90. The van der Waals surface area contributed by atoms with Gasteiger partial charge in [0.2, 0.25) is 0 Å². The molecular formula is C63H59BN2O. The number of furan rings is 1. The molecule has 2 aliphatic carbocycles. The lowest BCUT2D eigenvalue weighted by Gasteiger charge is -2.46. The van der Waals surface area contributed by atoms with E-state index in [2.05, 4.69) is 219 Å². The number of benzene rings is 8. The van der Waals surface area contributed by atoms with E-state index in [0.717, 1.165) is 24.0 Å². The van der Waals surface area contributed by atoms with E-state index < -0.39 is 0 Å². The SMILES string of the molecule is Cc1cc2c3c(c1)N(c1ccc(C(C)(C)C)cc1C)c1cc4oc5cc6c(cc5c4cc1B3N(c1ccc3c(c1)C(C)(C)c1ccccc1-3)c1c-2ccc2ccccc12)C(C)(C)CCC6(C)C. The molecule has 0 saturated heterocycles. The molecule has 67 heavy (non-hydrogen) atoms. The van der Waals surface area contributed by atoms with Crippen LogP contribution >= 0.6 is 0 Å². The Hall–Kier alpha value is -6.52. The van der Waals surface area contributed by atoms with Gasteiger partial charge in [0, 0.05) is 61.6 Å². The highest BCUT2D eigenvalue weighted by Gasteiger charge is 2.47. The summed E-state index contributed by atoms with van der Waals surface area (Å²) in [5.41, 5.74) is 25.4. The van der Waals surface area contributed by atoms with Crippen molar-refractivity contribution >= 4 is 78.9 Å². The number of nitrogens with zero attached hydrogens (tertiary/aromatic N) is 2. The molecule has 3 nitrogen and oxygen atoms in total. The highest BCUT2D eigenvalue weighted by Crippen LogP contribution is 2.55. The predicted octanol–water partition coefficient (Wildman–Crippen LogP) is 16.0. The first kappa shape index (κ1) is 40.7. The van der Waals surface area contributed by atoms with Gasteiger partial charge in [-0.1, -0.05) is 153 Å². The van der Waals surface area contributed by atoms with Crippen molar-refractivity contribution in [3.63, 3.8) is 0 Å². The molecule has 330 valence electrons. The number of hydrogen-bond acceptors (Lipinski definition) is 3. The quantitative estimate of drug-likeness (QED) is 0.161. The van der Waals surface area contributed by atoms with Gasteiger partial charge in [-0.25, -0.2) is 0 Å². The van der Waals surface area contributed by atoms with E-state index in [9.17, 15) is 0 Å². The molecule has 0 unspecified atom stereocenters. The van der Waals surface area contributed by atoms with Crippen LogP contribution in [0.2, 0.25) is 0 Å². The summed E-state index contributed by atoms with van der Waals surface area (Å²) in [6, 6.07) is 51.9. The first-order chi connectivity index (χ1) is 31.9.